The van der Waals surface area contributed by atoms with Gasteiger partial charge in [-0.1, -0.05) is 41.9 Å². The number of allylic oxidation sites excluding steroid dienone is 6. The van der Waals surface area contributed by atoms with E-state index in [4.69, 9.17) is 5.11 Å². The van der Waals surface area contributed by atoms with Crippen molar-refractivity contribution in [2.75, 3.05) is 0 Å². The van der Waals surface area contributed by atoms with E-state index in [1.807, 2.05) is 6.92 Å². The van der Waals surface area contributed by atoms with Gasteiger partial charge in [0.1, 0.15) is 0 Å². The Kier molecular flexibility index (Phi) is 6.94. The summed E-state index contributed by atoms with van der Waals surface area (Å²) in [6.07, 6.45) is 11.1. The molecule has 0 aromatic carbocycles. The molecule has 0 spiro atoms. The summed E-state index contributed by atoms with van der Waals surface area (Å²) in [7, 11) is 0. The monoisotopic (exact) mass is 290 g/mol. The molecule has 0 aromatic heterocycles. The van der Waals surface area contributed by atoms with Gasteiger partial charge in [0.15, 0.2) is 0 Å². The quantitative estimate of drug-likeness (QED) is 0.610. The summed E-state index contributed by atoms with van der Waals surface area (Å²) in [5.41, 5.74) is 4.15. The molecular formula is C19H30O2. The lowest BCUT2D eigenvalue weighted by Gasteiger charge is -2.01. The smallest absolute Gasteiger partial charge is 0.307 e. The van der Waals surface area contributed by atoms with Crippen molar-refractivity contribution in [1.29, 1.82) is 0 Å². The van der Waals surface area contributed by atoms with Crippen molar-refractivity contribution in [3.05, 3.63) is 34.9 Å². The van der Waals surface area contributed by atoms with E-state index in [0.29, 0.717) is 5.92 Å². The molecule has 0 bridgehead atoms. The Labute approximate surface area is 129 Å². The molecule has 2 heteroatoms. The Hall–Kier alpha value is -1.31. The first-order valence-corrected chi connectivity index (χ1v) is 8.02. The van der Waals surface area contributed by atoms with E-state index in [0.717, 1.165) is 25.7 Å². The Balaban J connectivity index is 2.32. The van der Waals surface area contributed by atoms with Crippen molar-refractivity contribution < 1.29 is 9.90 Å². The van der Waals surface area contributed by atoms with Crippen LogP contribution in [0.4, 0.5) is 0 Å². The standard InChI is InChI=1S/C19H30O2/c1-13(2)8-6-9-14(3)10-7-11-15(4)12-17-16(5)18(17)19(20)21/h8,10,12,16-18H,6-7,9,11H2,1-5H3,(H,20,21)/b14-10+,15-12+/t16-,17+,18+/m1/s1. The fourth-order valence-electron chi connectivity index (χ4n) is 2.79. The second kappa shape index (κ2) is 8.21. The van der Waals surface area contributed by atoms with Crippen molar-refractivity contribution in [3.63, 3.8) is 0 Å². The second-order valence-electron chi connectivity index (χ2n) is 6.72. The van der Waals surface area contributed by atoms with Gasteiger partial charge in [0, 0.05) is 0 Å². The van der Waals surface area contributed by atoms with Gasteiger partial charge < -0.3 is 5.11 Å². The average Bonchev–Trinajstić information content (AvgIpc) is 2.98. The lowest BCUT2D eigenvalue weighted by Crippen LogP contribution is -1.99. The number of aliphatic carboxylic acids is 1. The summed E-state index contributed by atoms with van der Waals surface area (Å²) in [5.74, 6) is -0.239. The van der Waals surface area contributed by atoms with E-state index < -0.39 is 5.97 Å². The third kappa shape index (κ3) is 6.33. The summed E-state index contributed by atoms with van der Waals surface area (Å²) >= 11 is 0. The minimum Gasteiger partial charge on any atom is -0.481 e. The third-order valence-electron chi connectivity index (χ3n) is 4.33. The van der Waals surface area contributed by atoms with Crippen LogP contribution in [0.15, 0.2) is 34.9 Å². The van der Waals surface area contributed by atoms with E-state index in [1.54, 1.807) is 0 Å². The zero-order valence-corrected chi connectivity index (χ0v) is 14.1. The van der Waals surface area contributed by atoms with Crippen LogP contribution in [0, 0.1) is 17.8 Å². The molecule has 1 aliphatic carbocycles. The zero-order valence-electron chi connectivity index (χ0n) is 14.1. The summed E-state index contributed by atoms with van der Waals surface area (Å²) in [5, 5.41) is 9.03. The molecule has 118 valence electrons. The highest BCUT2D eigenvalue weighted by Crippen LogP contribution is 2.47. The largest absolute Gasteiger partial charge is 0.481 e. The molecule has 1 N–H and O–H groups in total. The van der Waals surface area contributed by atoms with Gasteiger partial charge in [-0.2, -0.15) is 0 Å². The Bertz CT molecular complexity index is 450. The summed E-state index contributed by atoms with van der Waals surface area (Å²) in [6, 6.07) is 0. The number of rotatable bonds is 8. The highest BCUT2D eigenvalue weighted by atomic mass is 16.4. The normalized spacial score (nSPS) is 25.7. The minimum atomic E-state index is -0.647. The van der Waals surface area contributed by atoms with Crippen molar-refractivity contribution in [3.8, 4) is 0 Å². The Morgan fingerprint density at radius 3 is 2.10 bits per heavy atom. The topological polar surface area (TPSA) is 37.3 Å². The maximum atomic E-state index is 11.0. The zero-order chi connectivity index (χ0) is 16.0. The predicted octanol–water partition coefficient (Wildman–Crippen LogP) is 5.37. The molecule has 0 aliphatic heterocycles. The van der Waals surface area contributed by atoms with Crippen molar-refractivity contribution in [2.24, 2.45) is 17.8 Å². The summed E-state index contributed by atoms with van der Waals surface area (Å²) < 4.78 is 0. The van der Waals surface area contributed by atoms with Crippen molar-refractivity contribution in [1.82, 2.24) is 0 Å². The van der Waals surface area contributed by atoms with Crippen LogP contribution in [0.2, 0.25) is 0 Å². The van der Waals surface area contributed by atoms with E-state index in [1.165, 1.54) is 16.7 Å². The van der Waals surface area contributed by atoms with E-state index in [9.17, 15) is 4.79 Å². The van der Waals surface area contributed by atoms with Crippen LogP contribution in [-0.2, 0) is 4.79 Å². The highest BCUT2D eigenvalue weighted by molar-refractivity contribution is 5.74. The van der Waals surface area contributed by atoms with Gasteiger partial charge in [-0.15, -0.1) is 0 Å². The maximum Gasteiger partial charge on any atom is 0.307 e. The van der Waals surface area contributed by atoms with Gasteiger partial charge in [-0.05, 0) is 65.2 Å². The molecule has 0 amide bonds. The molecule has 1 saturated carbocycles. The fraction of sp³-hybridized carbons (Fsp3) is 0.632. The molecule has 3 atom stereocenters. The third-order valence-corrected chi connectivity index (χ3v) is 4.33. The van der Waals surface area contributed by atoms with Crippen molar-refractivity contribution in [2.45, 2.75) is 60.3 Å². The van der Waals surface area contributed by atoms with Crippen LogP contribution in [0.5, 0.6) is 0 Å². The van der Waals surface area contributed by atoms with Crippen LogP contribution < -0.4 is 0 Å². The minimum absolute atomic E-state index is 0.152. The van der Waals surface area contributed by atoms with Gasteiger partial charge in [0.25, 0.3) is 0 Å². The highest BCUT2D eigenvalue weighted by Gasteiger charge is 2.50. The molecule has 1 rings (SSSR count). The molecule has 0 heterocycles. The number of hydrogen-bond donors (Lipinski definition) is 1. The summed E-state index contributed by atoms with van der Waals surface area (Å²) in [4.78, 5) is 11.0. The van der Waals surface area contributed by atoms with Crippen LogP contribution in [-0.4, -0.2) is 11.1 Å². The van der Waals surface area contributed by atoms with Crippen LogP contribution >= 0.6 is 0 Å². The van der Waals surface area contributed by atoms with Gasteiger partial charge >= 0.3 is 5.97 Å². The Morgan fingerprint density at radius 2 is 1.57 bits per heavy atom. The van der Waals surface area contributed by atoms with Crippen LogP contribution in [0.1, 0.15) is 60.3 Å². The summed E-state index contributed by atoms with van der Waals surface area (Å²) in [6.45, 7) is 10.6. The first-order valence-electron chi connectivity index (χ1n) is 8.02. The number of hydrogen-bond acceptors (Lipinski definition) is 1. The molecule has 0 aromatic rings. The molecular weight excluding hydrogens is 260 g/mol. The average molecular weight is 290 g/mol. The molecule has 2 nitrogen and oxygen atoms in total. The fourth-order valence-corrected chi connectivity index (χ4v) is 2.79. The molecule has 1 fully saturated rings. The molecule has 21 heavy (non-hydrogen) atoms. The number of carboxylic acids is 1. The maximum absolute atomic E-state index is 11.0. The van der Waals surface area contributed by atoms with Crippen LogP contribution in [0.3, 0.4) is 0 Å². The van der Waals surface area contributed by atoms with Gasteiger partial charge in [0.2, 0.25) is 0 Å². The predicted molar refractivity (Wildman–Crippen MR) is 89.2 cm³/mol. The number of carboxylic acid groups (broad SMARTS) is 1. The van der Waals surface area contributed by atoms with Gasteiger partial charge in [-0.25, -0.2) is 0 Å². The van der Waals surface area contributed by atoms with Crippen molar-refractivity contribution >= 4 is 5.97 Å². The number of carbonyl (C=O) groups is 1. The molecule has 1 aliphatic rings. The molecule has 0 radical (unpaired) electrons. The van der Waals surface area contributed by atoms with E-state index >= 15 is 0 Å². The van der Waals surface area contributed by atoms with E-state index in [2.05, 4.69) is 45.9 Å². The second-order valence-corrected chi connectivity index (χ2v) is 6.72. The first kappa shape index (κ1) is 17.7. The van der Waals surface area contributed by atoms with Gasteiger partial charge in [-0.3, -0.25) is 4.79 Å². The first-order chi connectivity index (χ1) is 9.82. The lowest BCUT2D eigenvalue weighted by atomic mass is 10.1. The molecule has 0 saturated heterocycles. The van der Waals surface area contributed by atoms with Crippen LogP contribution in [0.25, 0.3) is 0 Å². The van der Waals surface area contributed by atoms with E-state index in [-0.39, 0.29) is 11.8 Å². The lowest BCUT2D eigenvalue weighted by molar-refractivity contribution is -0.139. The Morgan fingerprint density at radius 1 is 1.00 bits per heavy atom. The molecule has 0 unspecified atom stereocenters. The SMILES string of the molecule is CC(C)=CCC/C(C)=C/CC/C(C)=C/[C@H]1[C@@H](C)[C@@H]1C(=O)O. The van der Waals surface area contributed by atoms with Gasteiger partial charge in [0.05, 0.1) is 5.92 Å².